The van der Waals surface area contributed by atoms with Crippen molar-refractivity contribution in [2.75, 3.05) is 6.61 Å². The number of unbranched alkanes of at least 4 members (excludes halogenated alkanes) is 7. The molecule has 1 rings (SSSR count). The molecule has 0 amide bonds. The number of hydrogen-bond acceptors (Lipinski definition) is 4. The first kappa shape index (κ1) is 22.0. The van der Waals surface area contributed by atoms with Crippen LogP contribution in [0.2, 0.25) is 0 Å². The van der Waals surface area contributed by atoms with E-state index in [9.17, 15) is 9.59 Å². The predicted octanol–water partition coefficient (Wildman–Crippen LogP) is 5.57. The second-order valence-corrected chi connectivity index (χ2v) is 7.43. The van der Waals surface area contributed by atoms with E-state index < -0.39 is 0 Å². The first-order valence-corrected chi connectivity index (χ1v) is 10.5. The van der Waals surface area contributed by atoms with Gasteiger partial charge in [-0.1, -0.05) is 64.7 Å². The fraction of sp³-hybridized carbons (Fsp3) is 0.905. The van der Waals surface area contributed by atoms with E-state index in [4.69, 9.17) is 9.47 Å². The Hall–Kier alpha value is -1.06. The fourth-order valence-electron chi connectivity index (χ4n) is 3.49. The average molecular weight is 355 g/mol. The van der Waals surface area contributed by atoms with Crippen molar-refractivity contribution in [3.63, 3.8) is 0 Å². The van der Waals surface area contributed by atoms with Gasteiger partial charge in [-0.05, 0) is 32.1 Å². The summed E-state index contributed by atoms with van der Waals surface area (Å²) in [7, 11) is 0. The lowest BCUT2D eigenvalue weighted by Gasteiger charge is -2.19. The molecule has 0 spiro atoms. The van der Waals surface area contributed by atoms with Crippen LogP contribution in [0.15, 0.2) is 0 Å². The molecule has 146 valence electrons. The Morgan fingerprint density at radius 1 is 0.880 bits per heavy atom. The molecular formula is C21H38O4. The normalized spacial score (nSPS) is 15.9. The van der Waals surface area contributed by atoms with Gasteiger partial charge in [0.05, 0.1) is 19.4 Å². The number of carbonyl (C=O) groups excluding carboxylic acids is 2. The number of ether oxygens (including phenoxy) is 2. The number of hydrogen-bond donors (Lipinski definition) is 0. The van der Waals surface area contributed by atoms with Gasteiger partial charge in [0.1, 0.15) is 6.10 Å². The Kier molecular flexibility index (Phi) is 12.4. The lowest BCUT2D eigenvalue weighted by atomic mass is 10.0. The summed E-state index contributed by atoms with van der Waals surface area (Å²) in [4.78, 5) is 23.5. The molecule has 0 saturated heterocycles. The summed E-state index contributed by atoms with van der Waals surface area (Å²) in [5, 5.41) is 0. The second-order valence-electron chi connectivity index (χ2n) is 7.43. The zero-order valence-corrected chi connectivity index (χ0v) is 16.4. The molecule has 0 bridgehead atoms. The molecule has 1 aliphatic carbocycles. The highest BCUT2D eigenvalue weighted by Crippen LogP contribution is 2.29. The summed E-state index contributed by atoms with van der Waals surface area (Å²) < 4.78 is 10.6. The van der Waals surface area contributed by atoms with E-state index in [1.165, 1.54) is 51.4 Å². The highest BCUT2D eigenvalue weighted by atomic mass is 16.5. The number of rotatable bonds is 14. The van der Waals surface area contributed by atoms with E-state index in [0.29, 0.717) is 12.5 Å². The molecule has 1 unspecified atom stereocenters. The standard InChI is InChI=1S/C21H38O4/c1-3-4-5-6-7-8-9-12-17-24-20(22)15-16-21(23)25-18(2)19-13-10-11-14-19/h18-19H,3-17H2,1-2H3. The summed E-state index contributed by atoms with van der Waals surface area (Å²) >= 11 is 0. The van der Waals surface area contributed by atoms with Crippen molar-refractivity contribution in [3.05, 3.63) is 0 Å². The highest BCUT2D eigenvalue weighted by Gasteiger charge is 2.24. The smallest absolute Gasteiger partial charge is 0.306 e. The van der Waals surface area contributed by atoms with Crippen LogP contribution >= 0.6 is 0 Å². The van der Waals surface area contributed by atoms with Crippen molar-refractivity contribution < 1.29 is 19.1 Å². The molecule has 0 aromatic heterocycles. The van der Waals surface area contributed by atoms with Crippen LogP contribution in [0, 0.1) is 5.92 Å². The van der Waals surface area contributed by atoms with E-state index in [0.717, 1.165) is 25.7 Å². The maximum atomic E-state index is 11.8. The molecule has 25 heavy (non-hydrogen) atoms. The van der Waals surface area contributed by atoms with Crippen LogP contribution in [0.1, 0.15) is 104 Å². The Labute approximate surface area is 154 Å². The molecular weight excluding hydrogens is 316 g/mol. The third-order valence-corrected chi connectivity index (χ3v) is 5.18. The zero-order valence-electron chi connectivity index (χ0n) is 16.4. The fourth-order valence-corrected chi connectivity index (χ4v) is 3.49. The summed E-state index contributed by atoms with van der Waals surface area (Å²) in [6, 6.07) is 0. The SMILES string of the molecule is CCCCCCCCCCOC(=O)CCC(=O)OC(C)C1CCCC1. The predicted molar refractivity (Wildman–Crippen MR) is 100 cm³/mol. The molecule has 0 N–H and O–H groups in total. The molecule has 0 heterocycles. The maximum absolute atomic E-state index is 11.8. The Bertz CT molecular complexity index is 361. The summed E-state index contributed by atoms with van der Waals surface area (Å²) in [6.45, 7) is 4.67. The third-order valence-electron chi connectivity index (χ3n) is 5.18. The van der Waals surface area contributed by atoms with Crippen molar-refractivity contribution in [1.29, 1.82) is 0 Å². The molecule has 0 aromatic rings. The van der Waals surface area contributed by atoms with Gasteiger partial charge < -0.3 is 9.47 Å². The molecule has 1 saturated carbocycles. The van der Waals surface area contributed by atoms with Gasteiger partial charge in [-0.15, -0.1) is 0 Å². The first-order valence-electron chi connectivity index (χ1n) is 10.5. The van der Waals surface area contributed by atoms with Gasteiger partial charge in [0.2, 0.25) is 0 Å². The van der Waals surface area contributed by atoms with Crippen molar-refractivity contribution in [2.45, 2.75) is 110 Å². The Balaban J connectivity index is 1.93. The third kappa shape index (κ3) is 11.2. The molecule has 4 heteroatoms. The number of carbonyl (C=O) groups is 2. The van der Waals surface area contributed by atoms with Crippen LogP contribution in [-0.4, -0.2) is 24.6 Å². The quantitative estimate of drug-likeness (QED) is 0.302. The minimum absolute atomic E-state index is 0.0247. The monoisotopic (exact) mass is 354 g/mol. The molecule has 4 nitrogen and oxygen atoms in total. The van der Waals surface area contributed by atoms with E-state index in [2.05, 4.69) is 6.92 Å². The number of esters is 2. The summed E-state index contributed by atoms with van der Waals surface area (Å²) in [6.07, 6.45) is 14.8. The summed E-state index contributed by atoms with van der Waals surface area (Å²) in [5.74, 6) is -0.0604. The van der Waals surface area contributed by atoms with Crippen LogP contribution in [0.25, 0.3) is 0 Å². The van der Waals surface area contributed by atoms with Gasteiger partial charge in [-0.3, -0.25) is 9.59 Å². The van der Waals surface area contributed by atoms with Gasteiger partial charge in [0.25, 0.3) is 0 Å². The topological polar surface area (TPSA) is 52.6 Å². The van der Waals surface area contributed by atoms with E-state index in [1.54, 1.807) is 0 Å². The van der Waals surface area contributed by atoms with Gasteiger partial charge in [-0.25, -0.2) is 0 Å². The second kappa shape index (κ2) is 14.1. The lowest BCUT2D eigenvalue weighted by Crippen LogP contribution is -2.22. The molecule has 0 aliphatic heterocycles. The van der Waals surface area contributed by atoms with Crippen LogP contribution in [0.5, 0.6) is 0 Å². The van der Waals surface area contributed by atoms with Crippen molar-refractivity contribution >= 4 is 11.9 Å². The molecule has 0 aromatic carbocycles. The van der Waals surface area contributed by atoms with Gasteiger partial charge in [0.15, 0.2) is 0 Å². The van der Waals surface area contributed by atoms with Crippen molar-refractivity contribution in [1.82, 2.24) is 0 Å². The molecule has 1 fully saturated rings. The lowest BCUT2D eigenvalue weighted by molar-refractivity contribution is -0.154. The van der Waals surface area contributed by atoms with Crippen LogP contribution < -0.4 is 0 Å². The zero-order chi connectivity index (χ0) is 18.3. The minimum atomic E-state index is -0.284. The molecule has 0 radical (unpaired) electrons. The first-order chi connectivity index (χ1) is 12.1. The minimum Gasteiger partial charge on any atom is -0.466 e. The Morgan fingerprint density at radius 2 is 1.44 bits per heavy atom. The van der Waals surface area contributed by atoms with Gasteiger partial charge >= 0.3 is 11.9 Å². The Morgan fingerprint density at radius 3 is 2.08 bits per heavy atom. The van der Waals surface area contributed by atoms with Crippen LogP contribution in [0.4, 0.5) is 0 Å². The maximum Gasteiger partial charge on any atom is 0.306 e. The largest absolute Gasteiger partial charge is 0.466 e. The van der Waals surface area contributed by atoms with Crippen molar-refractivity contribution in [3.8, 4) is 0 Å². The summed E-state index contributed by atoms with van der Waals surface area (Å²) in [5.41, 5.74) is 0. The molecule has 1 aliphatic rings. The van der Waals surface area contributed by atoms with Gasteiger partial charge in [-0.2, -0.15) is 0 Å². The van der Waals surface area contributed by atoms with Crippen molar-refractivity contribution in [2.24, 2.45) is 5.92 Å². The van der Waals surface area contributed by atoms with E-state index >= 15 is 0 Å². The highest BCUT2D eigenvalue weighted by molar-refractivity contribution is 5.77. The van der Waals surface area contributed by atoms with Gasteiger partial charge in [0, 0.05) is 0 Å². The average Bonchev–Trinajstić information content (AvgIpc) is 3.13. The molecule has 1 atom stereocenters. The van der Waals surface area contributed by atoms with E-state index in [-0.39, 0.29) is 30.9 Å². The van der Waals surface area contributed by atoms with E-state index in [1.807, 2.05) is 6.92 Å². The van der Waals surface area contributed by atoms with Crippen LogP contribution in [0.3, 0.4) is 0 Å². The van der Waals surface area contributed by atoms with Crippen LogP contribution in [-0.2, 0) is 19.1 Å².